The number of fused-ring (bicyclic) bond motifs is 2. The van der Waals surface area contributed by atoms with Gasteiger partial charge in [-0.05, 0) is 51.5 Å². The number of rotatable bonds is 3. The minimum atomic E-state index is -0.367. The van der Waals surface area contributed by atoms with E-state index in [4.69, 9.17) is 10.5 Å². The number of ether oxygens (including phenoxy) is 1. The summed E-state index contributed by atoms with van der Waals surface area (Å²) in [7, 11) is 2.24. The summed E-state index contributed by atoms with van der Waals surface area (Å²) in [5.74, 6) is 0.332. The van der Waals surface area contributed by atoms with Gasteiger partial charge >= 0.3 is 0 Å². The van der Waals surface area contributed by atoms with E-state index in [2.05, 4.69) is 17.3 Å². The first-order chi connectivity index (χ1) is 10.1. The van der Waals surface area contributed by atoms with Gasteiger partial charge < -0.3 is 20.7 Å². The number of piperidine rings is 2. The van der Waals surface area contributed by atoms with Gasteiger partial charge in [0.15, 0.2) is 0 Å². The minimum absolute atomic E-state index is 0.0505. The Hall–Kier alpha value is -0.650. The molecule has 3 atom stereocenters. The topological polar surface area (TPSA) is 67.6 Å². The molecule has 3 N–H and O–H groups in total. The van der Waals surface area contributed by atoms with Gasteiger partial charge in [-0.15, -0.1) is 0 Å². The van der Waals surface area contributed by atoms with E-state index in [9.17, 15) is 4.79 Å². The van der Waals surface area contributed by atoms with Crippen LogP contribution in [0.15, 0.2) is 0 Å². The summed E-state index contributed by atoms with van der Waals surface area (Å²) < 4.78 is 5.35. The number of nitrogens with two attached hydrogens (primary N) is 1. The van der Waals surface area contributed by atoms with Crippen molar-refractivity contribution in [1.82, 2.24) is 10.2 Å². The molecule has 3 rings (SSSR count). The van der Waals surface area contributed by atoms with E-state index in [1.807, 2.05) is 0 Å². The van der Waals surface area contributed by atoms with Crippen molar-refractivity contribution >= 4 is 5.91 Å². The monoisotopic (exact) mass is 295 g/mol. The Labute approximate surface area is 127 Å². The maximum absolute atomic E-state index is 12.4. The first-order valence-corrected chi connectivity index (χ1v) is 8.51. The Bertz CT molecular complexity index is 357. The van der Waals surface area contributed by atoms with Gasteiger partial charge in [0.2, 0.25) is 5.91 Å². The Morgan fingerprint density at radius 1 is 1.19 bits per heavy atom. The fourth-order valence-electron chi connectivity index (χ4n) is 4.32. The summed E-state index contributed by atoms with van der Waals surface area (Å²) in [5.41, 5.74) is 6.17. The Morgan fingerprint density at radius 2 is 1.81 bits per heavy atom. The first-order valence-electron chi connectivity index (χ1n) is 8.51. The largest absolute Gasteiger partial charge is 0.381 e. The van der Waals surface area contributed by atoms with Crippen molar-refractivity contribution in [3.05, 3.63) is 0 Å². The van der Waals surface area contributed by atoms with Crippen LogP contribution in [0.2, 0.25) is 0 Å². The van der Waals surface area contributed by atoms with Crippen molar-refractivity contribution in [2.75, 3.05) is 20.3 Å². The van der Waals surface area contributed by atoms with Gasteiger partial charge in [-0.3, -0.25) is 4.79 Å². The molecule has 2 bridgehead atoms. The van der Waals surface area contributed by atoms with Gasteiger partial charge in [0.05, 0.1) is 6.04 Å². The van der Waals surface area contributed by atoms with E-state index in [0.717, 1.165) is 38.9 Å². The maximum Gasteiger partial charge on any atom is 0.237 e. The van der Waals surface area contributed by atoms with Crippen molar-refractivity contribution in [3.63, 3.8) is 0 Å². The second kappa shape index (κ2) is 6.63. The van der Waals surface area contributed by atoms with Gasteiger partial charge in [0.1, 0.15) is 0 Å². The molecule has 0 aromatic rings. The number of hydrogen-bond donors (Lipinski definition) is 2. The van der Waals surface area contributed by atoms with Gasteiger partial charge in [-0.25, -0.2) is 0 Å². The molecule has 5 heteroatoms. The van der Waals surface area contributed by atoms with Gasteiger partial charge in [-0.2, -0.15) is 0 Å². The highest BCUT2D eigenvalue weighted by Gasteiger charge is 2.37. The predicted octanol–water partition coefficient (Wildman–Crippen LogP) is 0.872. The zero-order chi connectivity index (χ0) is 14.8. The average Bonchev–Trinajstić information content (AvgIpc) is 2.48. The average molecular weight is 295 g/mol. The van der Waals surface area contributed by atoms with Crippen LogP contribution in [0.1, 0.15) is 44.9 Å². The quantitative estimate of drug-likeness (QED) is 0.811. The highest BCUT2D eigenvalue weighted by Crippen LogP contribution is 2.32. The zero-order valence-corrected chi connectivity index (χ0v) is 13.1. The Balaban J connectivity index is 1.52. The van der Waals surface area contributed by atoms with Crippen molar-refractivity contribution in [1.29, 1.82) is 0 Å². The molecule has 3 saturated heterocycles. The lowest BCUT2D eigenvalue weighted by Crippen LogP contribution is -2.57. The molecule has 3 aliphatic heterocycles. The highest BCUT2D eigenvalue weighted by molar-refractivity contribution is 5.82. The lowest BCUT2D eigenvalue weighted by atomic mass is 9.82. The predicted molar refractivity (Wildman–Crippen MR) is 81.9 cm³/mol. The lowest BCUT2D eigenvalue weighted by molar-refractivity contribution is -0.125. The number of nitrogens with one attached hydrogen (secondary N) is 1. The normalized spacial score (nSPS) is 36.2. The molecule has 0 aromatic heterocycles. The molecule has 5 nitrogen and oxygen atoms in total. The SMILES string of the molecule is CN1C2CCCC1CC(NC(=O)C(N)C1CCOCC1)C2. The molecule has 3 unspecified atom stereocenters. The van der Waals surface area contributed by atoms with Crippen LogP contribution in [0.3, 0.4) is 0 Å². The third kappa shape index (κ3) is 3.41. The van der Waals surface area contributed by atoms with E-state index in [-0.39, 0.29) is 17.9 Å². The standard InChI is InChI=1S/C16H29N3O2/c1-19-13-3-2-4-14(19)10-12(9-13)18-16(20)15(17)11-5-7-21-8-6-11/h11-15H,2-10,17H2,1H3,(H,18,20). The minimum Gasteiger partial charge on any atom is -0.381 e. The van der Waals surface area contributed by atoms with Crippen LogP contribution >= 0.6 is 0 Å². The van der Waals surface area contributed by atoms with E-state index >= 15 is 0 Å². The van der Waals surface area contributed by atoms with E-state index < -0.39 is 0 Å². The van der Waals surface area contributed by atoms with Crippen LogP contribution in [0.4, 0.5) is 0 Å². The summed E-state index contributed by atoms with van der Waals surface area (Å²) in [6, 6.07) is 1.23. The third-order valence-corrected chi connectivity index (χ3v) is 5.76. The maximum atomic E-state index is 12.4. The lowest BCUT2D eigenvalue weighted by Gasteiger charge is -2.47. The molecule has 120 valence electrons. The molecule has 3 fully saturated rings. The molecule has 21 heavy (non-hydrogen) atoms. The molecule has 3 heterocycles. The summed E-state index contributed by atoms with van der Waals surface area (Å²) in [6.07, 6.45) is 7.86. The smallest absolute Gasteiger partial charge is 0.237 e. The van der Waals surface area contributed by atoms with Crippen LogP contribution in [-0.4, -0.2) is 55.2 Å². The molecular weight excluding hydrogens is 266 g/mol. The van der Waals surface area contributed by atoms with Crippen molar-refractivity contribution in [2.24, 2.45) is 11.7 Å². The van der Waals surface area contributed by atoms with E-state index in [0.29, 0.717) is 18.1 Å². The van der Waals surface area contributed by atoms with Crippen molar-refractivity contribution < 1.29 is 9.53 Å². The molecule has 0 aromatic carbocycles. The summed E-state index contributed by atoms with van der Waals surface area (Å²) in [5, 5.41) is 3.23. The molecule has 0 saturated carbocycles. The summed E-state index contributed by atoms with van der Waals surface area (Å²) >= 11 is 0. The number of hydrogen-bond acceptors (Lipinski definition) is 4. The fraction of sp³-hybridized carbons (Fsp3) is 0.938. The first kappa shape index (κ1) is 15.3. The van der Waals surface area contributed by atoms with Crippen LogP contribution in [0, 0.1) is 5.92 Å². The number of nitrogens with zero attached hydrogens (tertiary/aromatic N) is 1. The number of amides is 1. The summed E-state index contributed by atoms with van der Waals surface area (Å²) in [6.45, 7) is 1.48. The Morgan fingerprint density at radius 3 is 2.43 bits per heavy atom. The molecule has 1 amide bonds. The van der Waals surface area contributed by atoms with Crippen molar-refractivity contribution in [3.8, 4) is 0 Å². The van der Waals surface area contributed by atoms with Gasteiger partial charge in [0, 0.05) is 31.3 Å². The van der Waals surface area contributed by atoms with Crippen LogP contribution < -0.4 is 11.1 Å². The van der Waals surface area contributed by atoms with E-state index in [1.165, 1.54) is 19.3 Å². The second-order valence-electron chi connectivity index (χ2n) is 7.06. The second-order valence-corrected chi connectivity index (χ2v) is 7.06. The molecular formula is C16H29N3O2. The van der Waals surface area contributed by atoms with Crippen LogP contribution in [-0.2, 0) is 9.53 Å². The molecule has 0 radical (unpaired) electrons. The number of carbonyl (C=O) groups is 1. The van der Waals surface area contributed by atoms with Crippen LogP contribution in [0.5, 0.6) is 0 Å². The highest BCUT2D eigenvalue weighted by atomic mass is 16.5. The van der Waals surface area contributed by atoms with Crippen molar-refractivity contribution in [2.45, 2.75) is 69.1 Å². The summed E-state index contributed by atoms with van der Waals surface area (Å²) in [4.78, 5) is 14.9. The number of carbonyl (C=O) groups excluding carboxylic acids is 1. The molecule has 3 aliphatic rings. The van der Waals surface area contributed by atoms with Gasteiger partial charge in [-0.1, -0.05) is 6.42 Å². The van der Waals surface area contributed by atoms with Crippen LogP contribution in [0.25, 0.3) is 0 Å². The third-order valence-electron chi connectivity index (χ3n) is 5.76. The van der Waals surface area contributed by atoms with E-state index in [1.54, 1.807) is 0 Å². The Kier molecular flexibility index (Phi) is 4.82. The van der Waals surface area contributed by atoms with Gasteiger partial charge in [0.25, 0.3) is 0 Å². The molecule has 0 spiro atoms. The molecule has 0 aliphatic carbocycles. The zero-order valence-electron chi connectivity index (χ0n) is 13.1. The fourth-order valence-corrected chi connectivity index (χ4v) is 4.32.